The molecule has 2 aliphatic carbocycles. The first-order chi connectivity index (χ1) is 31.0. The lowest BCUT2D eigenvalue weighted by atomic mass is 9.82. The third-order valence-electron chi connectivity index (χ3n) is 13.8. The molecule has 1 heterocycles. The first-order valence-corrected chi connectivity index (χ1v) is 21.9. The molecule has 0 fully saturated rings. The second-order valence-electron chi connectivity index (χ2n) is 17.6. The summed E-state index contributed by atoms with van der Waals surface area (Å²) in [6.45, 7) is 4.72. The van der Waals surface area contributed by atoms with Gasteiger partial charge in [0.2, 0.25) is 0 Å². The average molecular weight is 804 g/mol. The van der Waals surface area contributed by atoms with Crippen LogP contribution in [-0.4, -0.2) is 0 Å². The Balaban J connectivity index is 0.989. The molecule has 0 saturated heterocycles. The van der Waals surface area contributed by atoms with Crippen LogP contribution in [0.5, 0.6) is 0 Å². The summed E-state index contributed by atoms with van der Waals surface area (Å²) in [5.74, 6) is 0. The second kappa shape index (κ2) is 13.5. The number of rotatable bonds is 6. The van der Waals surface area contributed by atoms with Gasteiger partial charge in [-0.05, 0) is 102 Å². The van der Waals surface area contributed by atoms with Crippen molar-refractivity contribution < 1.29 is 4.42 Å². The second-order valence-corrected chi connectivity index (χ2v) is 17.6. The minimum atomic E-state index is -0.134. The first kappa shape index (κ1) is 35.8. The Morgan fingerprint density at radius 1 is 0.365 bits per heavy atom. The van der Waals surface area contributed by atoms with E-state index in [9.17, 15) is 0 Å². The molecule has 0 atom stereocenters. The first-order valence-electron chi connectivity index (χ1n) is 21.9. The number of benzene rings is 10. The van der Waals surface area contributed by atoms with E-state index in [2.05, 4.69) is 231 Å². The van der Waals surface area contributed by atoms with Crippen LogP contribution < -0.4 is 4.90 Å². The van der Waals surface area contributed by atoms with Gasteiger partial charge in [0.25, 0.3) is 0 Å². The van der Waals surface area contributed by atoms with Crippen LogP contribution in [0.15, 0.2) is 217 Å². The van der Waals surface area contributed by atoms with E-state index < -0.39 is 0 Å². The van der Waals surface area contributed by atoms with Crippen molar-refractivity contribution in [1.29, 1.82) is 0 Å². The number of anilines is 3. The molecule has 2 aliphatic rings. The molecule has 296 valence electrons. The SMILES string of the molecule is CC1(C)c2ccccc2-c2c(N(c3ccc(-c4cccc5c4oc4c(-c6ccccc6)cccc45)cc3)c3cccc(-c4ccc5cccc6c5c4-c4ccccc4-6)c3)cccc21. The Kier molecular flexibility index (Phi) is 7.68. The molecule has 2 heteroatoms. The van der Waals surface area contributed by atoms with Gasteiger partial charge < -0.3 is 9.32 Å². The van der Waals surface area contributed by atoms with Crippen LogP contribution in [0, 0.1) is 0 Å². The van der Waals surface area contributed by atoms with Crippen LogP contribution in [-0.2, 0) is 5.41 Å². The molecule has 0 aliphatic heterocycles. The van der Waals surface area contributed by atoms with Gasteiger partial charge in [0, 0.05) is 44.3 Å². The van der Waals surface area contributed by atoms with Gasteiger partial charge in [-0.1, -0.05) is 196 Å². The van der Waals surface area contributed by atoms with Crippen molar-refractivity contribution in [3.63, 3.8) is 0 Å². The molecule has 0 spiro atoms. The van der Waals surface area contributed by atoms with Crippen LogP contribution in [0.25, 0.3) is 99.5 Å². The van der Waals surface area contributed by atoms with Gasteiger partial charge in [-0.2, -0.15) is 0 Å². The molecule has 11 aromatic rings. The lowest BCUT2D eigenvalue weighted by molar-refractivity contribution is 0.660. The highest BCUT2D eigenvalue weighted by molar-refractivity contribution is 6.19. The van der Waals surface area contributed by atoms with Gasteiger partial charge >= 0.3 is 0 Å². The van der Waals surface area contributed by atoms with E-state index in [-0.39, 0.29) is 5.41 Å². The fourth-order valence-electron chi connectivity index (χ4n) is 10.9. The van der Waals surface area contributed by atoms with Crippen molar-refractivity contribution in [3.8, 4) is 66.8 Å². The summed E-state index contributed by atoms with van der Waals surface area (Å²) < 4.78 is 6.86. The van der Waals surface area contributed by atoms with Gasteiger partial charge in [0.1, 0.15) is 11.2 Å². The lowest BCUT2D eigenvalue weighted by Gasteiger charge is -2.29. The molecule has 2 nitrogen and oxygen atoms in total. The summed E-state index contributed by atoms with van der Waals surface area (Å²) in [4.78, 5) is 2.47. The molecule has 63 heavy (non-hydrogen) atoms. The van der Waals surface area contributed by atoms with Gasteiger partial charge in [-0.25, -0.2) is 0 Å². The quantitative estimate of drug-likeness (QED) is 0.166. The molecule has 0 bridgehead atoms. The monoisotopic (exact) mass is 803 g/mol. The summed E-state index contributed by atoms with van der Waals surface area (Å²) in [6, 6.07) is 77.7. The molecule has 0 radical (unpaired) electrons. The lowest BCUT2D eigenvalue weighted by Crippen LogP contribution is -2.16. The van der Waals surface area contributed by atoms with E-state index in [1.807, 2.05) is 0 Å². The summed E-state index contributed by atoms with van der Waals surface area (Å²) >= 11 is 0. The zero-order valence-corrected chi connectivity index (χ0v) is 35.1. The molecule has 0 saturated carbocycles. The fourth-order valence-corrected chi connectivity index (χ4v) is 10.9. The molecular formula is C61H41NO. The number of para-hydroxylation sites is 2. The van der Waals surface area contributed by atoms with E-state index in [0.717, 1.165) is 55.6 Å². The minimum Gasteiger partial charge on any atom is -0.455 e. The largest absolute Gasteiger partial charge is 0.455 e. The Morgan fingerprint density at radius 3 is 1.73 bits per heavy atom. The van der Waals surface area contributed by atoms with Crippen molar-refractivity contribution >= 4 is 49.8 Å². The third-order valence-corrected chi connectivity index (χ3v) is 13.8. The van der Waals surface area contributed by atoms with Crippen molar-refractivity contribution in [3.05, 3.63) is 223 Å². The van der Waals surface area contributed by atoms with Gasteiger partial charge in [0.15, 0.2) is 0 Å². The van der Waals surface area contributed by atoms with Crippen LogP contribution >= 0.6 is 0 Å². The smallest absolute Gasteiger partial charge is 0.143 e. The van der Waals surface area contributed by atoms with Gasteiger partial charge in [-0.15, -0.1) is 0 Å². The summed E-state index contributed by atoms with van der Waals surface area (Å²) in [6.07, 6.45) is 0. The molecule has 0 unspecified atom stereocenters. The summed E-state index contributed by atoms with van der Waals surface area (Å²) in [7, 11) is 0. The normalized spacial score (nSPS) is 13.0. The van der Waals surface area contributed by atoms with Crippen molar-refractivity contribution in [2.45, 2.75) is 19.3 Å². The molecule has 13 rings (SSSR count). The van der Waals surface area contributed by atoms with Crippen molar-refractivity contribution in [2.24, 2.45) is 0 Å². The minimum absolute atomic E-state index is 0.134. The Bertz CT molecular complexity index is 3650. The highest BCUT2D eigenvalue weighted by Gasteiger charge is 2.38. The maximum absolute atomic E-state index is 6.86. The summed E-state index contributed by atoms with van der Waals surface area (Å²) in [5, 5.41) is 4.86. The van der Waals surface area contributed by atoms with E-state index in [1.165, 1.54) is 72.1 Å². The predicted octanol–water partition coefficient (Wildman–Crippen LogP) is 17.2. The highest BCUT2D eigenvalue weighted by Crippen LogP contribution is 2.55. The molecule has 0 N–H and O–H groups in total. The number of hydrogen-bond acceptors (Lipinski definition) is 2. The van der Waals surface area contributed by atoms with Crippen molar-refractivity contribution in [2.75, 3.05) is 4.90 Å². The number of furan rings is 1. The standard InChI is InChI=1S/C61H41NO/c1-61(2)53-28-9-8-22-52(53)58-54(61)29-14-30-55(58)62(43-19-10-18-41(37-43)44-36-33-40-17-11-25-48-47-20-6-7-21-49(47)57(44)56(40)48)42-34-31-39(32-35-42)46-24-13-27-51-50-26-12-23-45(59(50)63-60(46)51)38-15-4-3-5-16-38/h3-37H,1-2H3. The van der Waals surface area contributed by atoms with E-state index in [4.69, 9.17) is 4.42 Å². The Labute approximate surface area is 367 Å². The Hall–Kier alpha value is -7.94. The van der Waals surface area contributed by atoms with Crippen LogP contribution in [0.1, 0.15) is 25.0 Å². The Morgan fingerprint density at radius 2 is 0.952 bits per heavy atom. The third kappa shape index (κ3) is 5.25. The average Bonchev–Trinajstić information content (AvgIpc) is 3.97. The van der Waals surface area contributed by atoms with Crippen LogP contribution in [0.2, 0.25) is 0 Å². The van der Waals surface area contributed by atoms with Crippen LogP contribution in [0.3, 0.4) is 0 Å². The predicted molar refractivity (Wildman–Crippen MR) is 264 cm³/mol. The maximum Gasteiger partial charge on any atom is 0.143 e. The van der Waals surface area contributed by atoms with Crippen molar-refractivity contribution in [1.82, 2.24) is 0 Å². The van der Waals surface area contributed by atoms with E-state index in [1.54, 1.807) is 0 Å². The molecule has 1 aromatic heterocycles. The maximum atomic E-state index is 6.86. The zero-order valence-electron chi connectivity index (χ0n) is 35.1. The summed E-state index contributed by atoms with van der Waals surface area (Å²) in [5.41, 5.74) is 22.4. The van der Waals surface area contributed by atoms with Crippen LogP contribution in [0.4, 0.5) is 17.1 Å². The fraction of sp³-hybridized carbons (Fsp3) is 0.0492. The van der Waals surface area contributed by atoms with Gasteiger partial charge in [-0.3, -0.25) is 0 Å². The molecular weight excluding hydrogens is 763 g/mol. The number of hydrogen-bond donors (Lipinski definition) is 0. The number of fused-ring (bicyclic) bond motifs is 9. The van der Waals surface area contributed by atoms with E-state index >= 15 is 0 Å². The molecule has 10 aromatic carbocycles. The van der Waals surface area contributed by atoms with E-state index in [0.29, 0.717) is 0 Å². The topological polar surface area (TPSA) is 16.4 Å². The number of nitrogens with zero attached hydrogens (tertiary/aromatic N) is 1. The van der Waals surface area contributed by atoms with Gasteiger partial charge in [0.05, 0.1) is 5.69 Å². The highest BCUT2D eigenvalue weighted by atomic mass is 16.3. The molecule has 0 amide bonds. The zero-order chi connectivity index (χ0) is 41.8.